The van der Waals surface area contributed by atoms with Gasteiger partial charge in [-0.05, 0) is 89.3 Å². The zero-order valence-electron chi connectivity index (χ0n) is 29.3. The molecule has 3 heterocycles. The third kappa shape index (κ3) is 6.65. The third-order valence-electron chi connectivity index (χ3n) is 8.03. The minimum absolute atomic E-state index is 0.300. The summed E-state index contributed by atoms with van der Waals surface area (Å²) in [6, 6.07) is 13.0. The maximum atomic E-state index is 10.3. The van der Waals surface area contributed by atoms with Crippen molar-refractivity contribution < 1.29 is 0 Å². The van der Waals surface area contributed by atoms with Gasteiger partial charge in [0.25, 0.3) is 0 Å². The van der Waals surface area contributed by atoms with Gasteiger partial charge in [-0.15, -0.1) is 10.2 Å². The minimum Gasteiger partial charge on any atom is -0.338 e. The van der Waals surface area contributed by atoms with E-state index in [1.54, 1.807) is 4.68 Å². The van der Waals surface area contributed by atoms with Gasteiger partial charge >= 0.3 is 0 Å². The van der Waals surface area contributed by atoms with Crippen molar-refractivity contribution in [1.82, 2.24) is 24.1 Å². The molecule has 0 radical (unpaired) electrons. The van der Waals surface area contributed by atoms with E-state index in [4.69, 9.17) is 20.3 Å². The van der Waals surface area contributed by atoms with Gasteiger partial charge in [0.15, 0.2) is 11.6 Å². The summed E-state index contributed by atoms with van der Waals surface area (Å²) in [6.45, 7) is 22.5. The topological polar surface area (TPSA) is 120 Å². The standard InChI is InChI=1S/C36H42N10S/c1-19-13-21(3)29(22(4)14-19)40-33-30(23(5)17-28(39-33)45(12)31-24(6)15-20(2)16-25(31)7)41-42-34-27(18-37)32(36(9,10)11)43-46(34)35-38-26(8)44-47-35/h13-17H,1-12H3,(H,39,40). The second kappa shape index (κ2) is 12.7. The monoisotopic (exact) mass is 646 g/mol. The van der Waals surface area contributed by atoms with Crippen LogP contribution in [-0.4, -0.2) is 31.2 Å². The lowest BCUT2D eigenvalue weighted by atomic mass is 9.90. The van der Waals surface area contributed by atoms with Crippen LogP contribution in [0, 0.1) is 66.7 Å². The number of benzene rings is 2. The second-order valence-corrected chi connectivity index (χ2v) is 14.1. The fraction of sp³-hybridized carbons (Fsp3) is 0.361. The maximum Gasteiger partial charge on any atom is 0.232 e. The highest BCUT2D eigenvalue weighted by molar-refractivity contribution is 7.08. The zero-order chi connectivity index (χ0) is 34.4. The Morgan fingerprint density at radius 1 is 0.830 bits per heavy atom. The van der Waals surface area contributed by atoms with Gasteiger partial charge < -0.3 is 10.2 Å². The first-order valence-electron chi connectivity index (χ1n) is 15.5. The number of nitriles is 1. The highest BCUT2D eigenvalue weighted by atomic mass is 32.1. The molecule has 242 valence electrons. The fourth-order valence-corrected chi connectivity index (χ4v) is 6.71. The molecule has 5 aromatic rings. The lowest BCUT2D eigenvalue weighted by Gasteiger charge is -2.25. The van der Waals surface area contributed by atoms with Crippen LogP contribution in [0.25, 0.3) is 5.13 Å². The van der Waals surface area contributed by atoms with Crippen LogP contribution in [0.3, 0.4) is 0 Å². The number of rotatable bonds is 7. The molecule has 0 spiro atoms. The smallest absolute Gasteiger partial charge is 0.232 e. The Kier molecular flexibility index (Phi) is 9.02. The predicted octanol–water partition coefficient (Wildman–Crippen LogP) is 9.68. The van der Waals surface area contributed by atoms with E-state index in [0.29, 0.717) is 39.5 Å². The van der Waals surface area contributed by atoms with E-state index in [1.165, 1.54) is 33.8 Å². The first-order chi connectivity index (χ1) is 22.1. The summed E-state index contributed by atoms with van der Waals surface area (Å²) in [6.07, 6.45) is 0. The predicted molar refractivity (Wildman–Crippen MR) is 191 cm³/mol. The number of hydrogen-bond donors (Lipinski definition) is 1. The van der Waals surface area contributed by atoms with Crippen molar-refractivity contribution in [1.29, 1.82) is 5.26 Å². The van der Waals surface area contributed by atoms with Crippen molar-refractivity contribution in [2.75, 3.05) is 17.3 Å². The summed E-state index contributed by atoms with van der Waals surface area (Å²) in [7, 11) is 2.04. The molecule has 5 rings (SSSR count). The van der Waals surface area contributed by atoms with Gasteiger partial charge in [-0.1, -0.05) is 56.2 Å². The molecule has 11 heteroatoms. The van der Waals surface area contributed by atoms with Gasteiger partial charge in [-0.25, -0.2) is 9.97 Å². The number of azo groups is 1. The van der Waals surface area contributed by atoms with Gasteiger partial charge in [0.1, 0.15) is 29.0 Å². The van der Waals surface area contributed by atoms with Crippen molar-refractivity contribution >= 4 is 46.0 Å². The number of aromatic nitrogens is 5. The van der Waals surface area contributed by atoms with E-state index >= 15 is 0 Å². The highest BCUT2D eigenvalue weighted by Crippen LogP contribution is 2.40. The van der Waals surface area contributed by atoms with Crippen molar-refractivity contribution in [3.05, 3.63) is 86.4 Å². The maximum absolute atomic E-state index is 10.3. The largest absolute Gasteiger partial charge is 0.338 e. The molecule has 0 atom stereocenters. The van der Waals surface area contributed by atoms with Crippen molar-refractivity contribution in [3.8, 4) is 11.2 Å². The Balaban J connectivity index is 1.71. The SMILES string of the molecule is Cc1cc(C)c(Nc2nc(N(C)c3c(C)cc(C)cc3C)cc(C)c2N=Nc2c(C#N)c(C(C)(C)C)nn2-c2nc(C)ns2)c(C)c1. The lowest BCUT2D eigenvalue weighted by Crippen LogP contribution is -2.15. The normalized spacial score (nSPS) is 11.7. The van der Waals surface area contributed by atoms with E-state index < -0.39 is 5.41 Å². The zero-order valence-corrected chi connectivity index (χ0v) is 30.1. The molecule has 47 heavy (non-hydrogen) atoms. The minimum atomic E-state index is -0.413. The van der Waals surface area contributed by atoms with E-state index in [1.807, 2.05) is 47.7 Å². The van der Waals surface area contributed by atoms with Gasteiger partial charge in [0.2, 0.25) is 5.13 Å². The molecule has 0 saturated heterocycles. The quantitative estimate of drug-likeness (QED) is 0.175. The number of nitrogens with zero attached hydrogens (tertiary/aromatic N) is 9. The molecule has 0 saturated carbocycles. The summed E-state index contributed by atoms with van der Waals surface area (Å²) in [5, 5.41) is 28.7. The molecule has 0 unspecified atom stereocenters. The number of anilines is 4. The van der Waals surface area contributed by atoms with Crippen LogP contribution in [0.15, 0.2) is 40.6 Å². The molecule has 10 nitrogen and oxygen atoms in total. The summed E-state index contributed by atoms with van der Waals surface area (Å²) < 4.78 is 5.91. The van der Waals surface area contributed by atoms with Crippen LogP contribution >= 0.6 is 11.5 Å². The third-order valence-corrected chi connectivity index (χ3v) is 8.81. The van der Waals surface area contributed by atoms with Crippen molar-refractivity contribution in [2.45, 2.75) is 81.6 Å². The fourth-order valence-electron chi connectivity index (χ4n) is 6.08. The molecular weight excluding hydrogens is 605 g/mol. The Hall–Kier alpha value is -4.95. The molecule has 0 aliphatic rings. The van der Waals surface area contributed by atoms with Crippen molar-refractivity contribution in [3.63, 3.8) is 0 Å². The molecule has 0 amide bonds. The van der Waals surface area contributed by atoms with Gasteiger partial charge in [0.05, 0.1) is 5.69 Å². The Bertz CT molecular complexity index is 2020. The molecule has 0 bridgehead atoms. The number of nitrogens with one attached hydrogen (secondary N) is 1. The van der Waals surface area contributed by atoms with Crippen LogP contribution in [0.1, 0.15) is 76.8 Å². The molecule has 2 aromatic carbocycles. The number of pyridine rings is 1. The summed E-state index contributed by atoms with van der Waals surface area (Å²) >= 11 is 1.20. The summed E-state index contributed by atoms with van der Waals surface area (Å²) in [5.74, 6) is 2.24. The van der Waals surface area contributed by atoms with E-state index in [0.717, 1.165) is 33.9 Å². The first kappa shape index (κ1) is 33.4. The van der Waals surface area contributed by atoms with Crippen molar-refractivity contribution in [2.24, 2.45) is 10.2 Å². The second-order valence-electron chi connectivity index (χ2n) is 13.3. The Morgan fingerprint density at radius 3 is 1.96 bits per heavy atom. The summed E-state index contributed by atoms with van der Waals surface area (Å²) in [5.41, 5.74) is 11.0. The van der Waals surface area contributed by atoms with Crippen LogP contribution < -0.4 is 10.2 Å². The van der Waals surface area contributed by atoms with E-state index in [9.17, 15) is 5.26 Å². The molecule has 3 aromatic heterocycles. The average Bonchev–Trinajstić information content (AvgIpc) is 3.56. The molecule has 0 aliphatic carbocycles. The molecule has 0 aliphatic heterocycles. The Labute approximate surface area is 281 Å². The highest BCUT2D eigenvalue weighted by Gasteiger charge is 2.29. The number of aryl methyl sites for hydroxylation is 8. The van der Waals surface area contributed by atoms with Gasteiger partial charge in [-0.2, -0.15) is 19.4 Å². The molecular formula is C36H42N10S. The van der Waals surface area contributed by atoms with Gasteiger partial charge in [0, 0.05) is 35.4 Å². The first-order valence-corrected chi connectivity index (χ1v) is 16.3. The Morgan fingerprint density at radius 2 is 1.43 bits per heavy atom. The molecule has 0 fully saturated rings. The molecule has 1 N–H and O–H groups in total. The van der Waals surface area contributed by atoms with E-state index in [-0.39, 0.29) is 0 Å². The van der Waals surface area contributed by atoms with Gasteiger partial charge in [-0.3, -0.25) is 0 Å². The van der Waals surface area contributed by atoms with Crippen LogP contribution in [-0.2, 0) is 5.41 Å². The number of hydrogen-bond acceptors (Lipinski definition) is 10. The van der Waals surface area contributed by atoms with Crippen LogP contribution in [0.2, 0.25) is 0 Å². The average molecular weight is 647 g/mol. The van der Waals surface area contributed by atoms with Crippen LogP contribution in [0.4, 0.5) is 34.5 Å². The van der Waals surface area contributed by atoms with Crippen LogP contribution in [0.5, 0.6) is 0 Å². The lowest BCUT2D eigenvalue weighted by molar-refractivity contribution is 0.559. The van der Waals surface area contributed by atoms with E-state index in [2.05, 4.69) is 91.5 Å². The summed E-state index contributed by atoms with van der Waals surface area (Å²) in [4.78, 5) is 11.8.